The summed E-state index contributed by atoms with van der Waals surface area (Å²) in [4.78, 5) is 2.92. The molecule has 20 heavy (non-hydrogen) atoms. The molecule has 0 aliphatic heterocycles. The zero-order valence-corrected chi connectivity index (χ0v) is 12.7. The summed E-state index contributed by atoms with van der Waals surface area (Å²) in [5, 5.41) is 0. The van der Waals surface area contributed by atoms with Crippen LogP contribution in [0, 0.1) is 25.8 Å². The van der Waals surface area contributed by atoms with Gasteiger partial charge in [-0.3, -0.25) is 4.57 Å². The number of hydrogen-bond acceptors (Lipinski definition) is 1. The van der Waals surface area contributed by atoms with E-state index in [1.54, 1.807) is 6.07 Å². The maximum atomic E-state index is 13.9. The van der Waals surface area contributed by atoms with Crippen molar-refractivity contribution in [2.75, 3.05) is 0 Å². The summed E-state index contributed by atoms with van der Waals surface area (Å²) in [5.74, 6) is -3.23. The Hall–Kier alpha value is -1.35. The van der Waals surface area contributed by atoms with E-state index in [0.717, 1.165) is 9.64 Å². The molecule has 0 saturated heterocycles. The number of nitrogens with zero attached hydrogens (tertiary/aromatic N) is 1. The zero-order chi connectivity index (χ0) is 14.4. The normalized spacial score (nSPS) is 11.2. The average Bonchev–Trinajstić information content (AvgIpc) is 2.69. The SMILES string of the molecule is Fc1cc(F)c(-n2c(=S)[nH]c3cc(I)ccc32)cc1F. The predicted molar refractivity (Wildman–Crippen MR) is 81.1 cm³/mol. The van der Waals surface area contributed by atoms with Gasteiger partial charge in [-0.2, -0.15) is 0 Å². The molecule has 7 heteroatoms. The van der Waals surface area contributed by atoms with Crippen LogP contribution in [0.3, 0.4) is 0 Å². The fourth-order valence-corrected chi connectivity index (χ4v) is 2.80. The van der Waals surface area contributed by atoms with Crippen LogP contribution in [-0.4, -0.2) is 9.55 Å². The van der Waals surface area contributed by atoms with E-state index in [2.05, 4.69) is 27.6 Å². The zero-order valence-electron chi connectivity index (χ0n) is 9.75. The van der Waals surface area contributed by atoms with Gasteiger partial charge in [0.1, 0.15) is 5.82 Å². The van der Waals surface area contributed by atoms with Crippen LogP contribution in [0.1, 0.15) is 0 Å². The van der Waals surface area contributed by atoms with E-state index >= 15 is 0 Å². The Morgan fingerprint density at radius 1 is 1.00 bits per heavy atom. The van der Waals surface area contributed by atoms with Crippen LogP contribution >= 0.6 is 34.8 Å². The Labute approximate surface area is 130 Å². The molecule has 0 atom stereocenters. The second-order valence-corrected chi connectivity index (χ2v) is 5.78. The average molecular weight is 406 g/mol. The summed E-state index contributed by atoms with van der Waals surface area (Å²) in [7, 11) is 0. The molecule has 2 aromatic carbocycles. The Bertz CT molecular complexity index is 885. The number of fused-ring (bicyclic) bond motifs is 1. The van der Waals surface area contributed by atoms with Gasteiger partial charge in [-0.05, 0) is 53.0 Å². The van der Waals surface area contributed by atoms with Crippen LogP contribution in [0.25, 0.3) is 16.7 Å². The topological polar surface area (TPSA) is 20.7 Å². The summed E-state index contributed by atoms with van der Waals surface area (Å²) < 4.78 is 42.8. The third-order valence-corrected chi connectivity index (χ3v) is 3.83. The van der Waals surface area contributed by atoms with Crippen molar-refractivity contribution in [3.63, 3.8) is 0 Å². The quantitative estimate of drug-likeness (QED) is 0.353. The lowest BCUT2D eigenvalue weighted by Gasteiger charge is -2.07. The standard InChI is InChI=1S/C13H6F3IN2S/c14-7-4-9(16)12(5-8(7)15)19-11-2-1-6(17)3-10(11)18-13(19)20/h1-5H,(H,18,20). The fraction of sp³-hybridized carbons (Fsp3) is 0. The Morgan fingerprint density at radius 3 is 2.45 bits per heavy atom. The van der Waals surface area contributed by atoms with E-state index in [1.807, 2.05) is 12.1 Å². The Balaban J connectivity index is 2.38. The molecule has 0 spiro atoms. The summed E-state index contributed by atoms with van der Waals surface area (Å²) in [5.41, 5.74) is 1.17. The van der Waals surface area contributed by atoms with Crippen molar-refractivity contribution < 1.29 is 13.2 Å². The highest BCUT2D eigenvalue weighted by atomic mass is 127. The van der Waals surface area contributed by atoms with E-state index in [9.17, 15) is 13.2 Å². The van der Waals surface area contributed by atoms with Gasteiger partial charge in [0.25, 0.3) is 0 Å². The number of hydrogen-bond donors (Lipinski definition) is 1. The van der Waals surface area contributed by atoms with Gasteiger partial charge in [0, 0.05) is 15.7 Å². The molecule has 0 radical (unpaired) electrons. The summed E-state index contributed by atoms with van der Waals surface area (Å²) in [6.07, 6.45) is 0. The first-order valence-electron chi connectivity index (χ1n) is 5.52. The first kappa shape index (κ1) is 13.6. The van der Waals surface area contributed by atoms with E-state index in [0.29, 0.717) is 17.1 Å². The fourth-order valence-electron chi connectivity index (χ4n) is 2.01. The van der Waals surface area contributed by atoms with Crippen molar-refractivity contribution in [3.8, 4) is 5.69 Å². The Kier molecular flexibility index (Phi) is 3.33. The first-order valence-corrected chi connectivity index (χ1v) is 7.01. The molecule has 0 amide bonds. The molecule has 2 nitrogen and oxygen atoms in total. The number of aromatic amines is 1. The molecule has 102 valence electrons. The lowest BCUT2D eigenvalue weighted by molar-refractivity contribution is 0.493. The van der Waals surface area contributed by atoms with Gasteiger partial charge in [0.15, 0.2) is 16.4 Å². The number of aromatic nitrogens is 2. The van der Waals surface area contributed by atoms with Crippen LogP contribution < -0.4 is 0 Å². The maximum Gasteiger partial charge on any atom is 0.182 e. The van der Waals surface area contributed by atoms with Gasteiger partial charge < -0.3 is 4.98 Å². The van der Waals surface area contributed by atoms with Crippen LogP contribution in [-0.2, 0) is 0 Å². The van der Waals surface area contributed by atoms with Crippen molar-refractivity contribution in [2.45, 2.75) is 0 Å². The second kappa shape index (κ2) is 4.88. The molecule has 0 fully saturated rings. The molecular weight excluding hydrogens is 400 g/mol. The molecule has 0 unspecified atom stereocenters. The second-order valence-electron chi connectivity index (χ2n) is 4.14. The molecule has 1 N–H and O–H groups in total. The number of benzene rings is 2. The first-order chi connectivity index (χ1) is 9.47. The number of rotatable bonds is 1. The monoisotopic (exact) mass is 406 g/mol. The van der Waals surface area contributed by atoms with Crippen molar-refractivity contribution in [1.29, 1.82) is 0 Å². The number of halogens is 4. The third-order valence-electron chi connectivity index (χ3n) is 2.87. The number of nitrogens with one attached hydrogen (secondary N) is 1. The van der Waals surface area contributed by atoms with Gasteiger partial charge in [0.05, 0.1) is 16.7 Å². The van der Waals surface area contributed by atoms with Crippen LogP contribution in [0.15, 0.2) is 30.3 Å². The molecular formula is C13H6F3IN2S. The highest BCUT2D eigenvalue weighted by Crippen LogP contribution is 2.24. The summed E-state index contributed by atoms with van der Waals surface area (Å²) >= 11 is 7.27. The molecule has 0 aliphatic carbocycles. The van der Waals surface area contributed by atoms with Gasteiger partial charge >= 0.3 is 0 Å². The molecule has 3 rings (SSSR count). The Morgan fingerprint density at radius 2 is 1.70 bits per heavy atom. The lowest BCUT2D eigenvalue weighted by atomic mass is 10.2. The minimum Gasteiger partial charge on any atom is -0.330 e. The molecule has 0 saturated carbocycles. The van der Waals surface area contributed by atoms with Crippen LogP contribution in [0.5, 0.6) is 0 Å². The number of H-pyrrole nitrogens is 1. The van der Waals surface area contributed by atoms with Gasteiger partial charge in [-0.1, -0.05) is 0 Å². The number of imidazole rings is 1. The van der Waals surface area contributed by atoms with Crippen LogP contribution in [0.4, 0.5) is 13.2 Å². The lowest BCUT2D eigenvalue weighted by Crippen LogP contribution is -2.00. The van der Waals surface area contributed by atoms with E-state index in [-0.39, 0.29) is 10.5 Å². The molecule has 1 heterocycles. The van der Waals surface area contributed by atoms with Crippen molar-refractivity contribution in [2.24, 2.45) is 0 Å². The summed E-state index contributed by atoms with van der Waals surface area (Å²) in [6, 6.07) is 6.70. The summed E-state index contributed by atoms with van der Waals surface area (Å²) in [6.45, 7) is 0. The predicted octanol–water partition coefficient (Wildman–Crippen LogP) is 4.71. The minimum absolute atomic E-state index is 0.124. The van der Waals surface area contributed by atoms with Crippen molar-refractivity contribution in [3.05, 3.63) is 56.1 Å². The van der Waals surface area contributed by atoms with Gasteiger partial charge in [0.2, 0.25) is 0 Å². The maximum absolute atomic E-state index is 13.9. The molecule has 3 aromatic rings. The van der Waals surface area contributed by atoms with Crippen LogP contribution in [0.2, 0.25) is 0 Å². The molecule has 0 bridgehead atoms. The largest absolute Gasteiger partial charge is 0.330 e. The van der Waals surface area contributed by atoms with Crippen molar-refractivity contribution >= 4 is 45.8 Å². The smallest absolute Gasteiger partial charge is 0.182 e. The van der Waals surface area contributed by atoms with Crippen molar-refractivity contribution in [1.82, 2.24) is 9.55 Å². The van der Waals surface area contributed by atoms with E-state index < -0.39 is 17.5 Å². The highest BCUT2D eigenvalue weighted by molar-refractivity contribution is 14.1. The molecule has 0 aliphatic rings. The molecule has 1 aromatic heterocycles. The van der Waals surface area contributed by atoms with Gasteiger partial charge in [-0.15, -0.1) is 0 Å². The third kappa shape index (κ3) is 2.14. The minimum atomic E-state index is -1.23. The van der Waals surface area contributed by atoms with E-state index in [4.69, 9.17) is 12.2 Å². The van der Waals surface area contributed by atoms with Gasteiger partial charge in [-0.25, -0.2) is 13.2 Å². The van der Waals surface area contributed by atoms with E-state index in [1.165, 1.54) is 4.57 Å². The highest BCUT2D eigenvalue weighted by Gasteiger charge is 2.15.